The van der Waals surface area contributed by atoms with Crippen LogP contribution < -0.4 is 5.32 Å². The highest BCUT2D eigenvalue weighted by molar-refractivity contribution is 7.10. The molecule has 1 amide bonds. The first-order chi connectivity index (χ1) is 12.6. The summed E-state index contributed by atoms with van der Waals surface area (Å²) in [5.41, 5.74) is 3.98. The van der Waals surface area contributed by atoms with E-state index in [-0.39, 0.29) is 11.9 Å². The van der Waals surface area contributed by atoms with E-state index in [0.29, 0.717) is 16.9 Å². The molecule has 0 saturated carbocycles. The van der Waals surface area contributed by atoms with Gasteiger partial charge in [-0.3, -0.25) is 4.79 Å². The van der Waals surface area contributed by atoms with Gasteiger partial charge in [0.05, 0.1) is 11.7 Å². The minimum absolute atomic E-state index is 0.171. The van der Waals surface area contributed by atoms with Crippen molar-refractivity contribution in [3.63, 3.8) is 0 Å². The van der Waals surface area contributed by atoms with E-state index in [4.69, 9.17) is 0 Å². The highest BCUT2D eigenvalue weighted by Gasteiger charge is 2.23. The second-order valence-corrected chi connectivity index (χ2v) is 7.16. The van der Waals surface area contributed by atoms with E-state index in [0.717, 1.165) is 10.4 Å². The standard InChI is InChI=1S/C20H18N4OS/c1-13-6-8-15(9-7-13)18(16-5-3-12-26-16)22-20(25)17-14(2)23-24-11-4-10-21-19(17)24/h3-12,18H,1-2H3,(H,22,25). The van der Waals surface area contributed by atoms with Crippen LogP contribution in [-0.4, -0.2) is 20.5 Å². The Bertz CT molecular complexity index is 1050. The minimum atomic E-state index is -0.207. The number of rotatable bonds is 4. The number of nitrogens with one attached hydrogen (secondary N) is 1. The van der Waals surface area contributed by atoms with Gasteiger partial charge in [-0.15, -0.1) is 11.3 Å². The quantitative estimate of drug-likeness (QED) is 0.598. The first-order valence-electron chi connectivity index (χ1n) is 8.34. The molecule has 3 aromatic heterocycles. The Hall–Kier alpha value is -2.99. The number of fused-ring (bicyclic) bond motifs is 1. The molecule has 0 fully saturated rings. The molecular weight excluding hydrogens is 344 g/mol. The molecule has 5 nitrogen and oxygen atoms in total. The molecule has 1 unspecified atom stereocenters. The second-order valence-electron chi connectivity index (χ2n) is 6.18. The number of amides is 1. The predicted molar refractivity (Wildman–Crippen MR) is 103 cm³/mol. The third kappa shape index (κ3) is 2.99. The molecule has 1 atom stereocenters. The summed E-state index contributed by atoms with van der Waals surface area (Å²) in [7, 11) is 0. The molecule has 26 heavy (non-hydrogen) atoms. The van der Waals surface area contributed by atoms with Gasteiger partial charge in [0.15, 0.2) is 5.65 Å². The fourth-order valence-electron chi connectivity index (χ4n) is 3.00. The van der Waals surface area contributed by atoms with Crippen LogP contribution in [-0.2, 0) is 0 Å². The summed E-state index contributed by atoms with van der Waals surface area (Å²) in [6.07, 6.45) is 3.47. The molecule has 1 N–H and O–H groups in total. The first-order valence-corrected chi connectivity index (χ1v) is 9.22. The van der Waals surface area contributed by atoms with Crippen molar-refractivity contribution in [2.75, 3.05) is 0 Å². The number of aromatic nitrogens is 3. The first kappa shape index (κ1) is 16.5. The summed E-state index contributed by atoms with van der Waals surface area (Å²) in [5, 5.41) is 9.57. The number of carbonyl (C=O) groups is 1. The van der Waals surface area contributed by atoms with Crippen molar-refractivity contribution >= 4 is 22.9 Å². The summed E-state index contributed by atoms with van der Waals surface area (Å²) in [4.78, 5) is 18.5. The molecule has 6 heteroatoms. The highest BCUT2D eigenvalue weighted by Crippen LogP contribution is 2.27. The van der Waals surface area contributed by atoms with Crippen molar-refractivity contribution in [1.82, 2.24) is 19.9 Å². The van der Waals surface area contributed by atoms with Gasteiger partial charge in [-0.05, 0) is 36.9 Å². The zero-order valence-corrected chi connectivity index (χ0v) is 15.3. The molecule has 0 spiro atoms. The van der Waals surface area contributed by atoms with E-state index in [1.54, 1.807) is 34.3 Å². The number of nitrogens with zero attached hydrogens (tertiary/aromatic N) is 3. The number of thiophene rings is 1. The Balaban J connectivity index is 1.72. The lowest BCUT2D eigenvalue weighted by molar-refractivity contribution is 0.0944. The van der Waals surface area contributed by atoms with Gasteiger partial charge in [-0.2, -0.15) is 5.10 Å². The Labute approximate surface area is 155 Å². The molecular formula is C20H18N4OS. The van der Waals surface area contributed by atoms with E-state index in [9.17, 15) is 4.79 Å². The molecule has 3 heterocycles. The Kier molecular flexibility index (Phi) is 4.26. The summed E-state index contributed by atoms with van der Waals surface area (Å²) in [6, 6.07) is 13.9. The summed E-state index contributed by atoms with van der Waals surface area (Å²) in [6.45, 7) is 3.88. The van der Waals surface area contributed by atoms with Gasteiger partial charge in [-0.1, -0.05) is 35.9 Å². The molecule has 0 radical (unpaired) electrons. The fourth-order valence-corrected chi connectivity index (χ4v) is 3.80. The van der Waals surface area contributed by atoms with Gasteiger partial charge in [0.2, 0.25) is 0 Å². The molecule has 0 bridgehead atoms. The Morgan fingerprint density at radius 3 is 2.69 bits per heavy atom. The highest BCUT2D eigenvalue weighted by atomic mass is 32.1. The molecule has 130 valence electrons. The third-order valence-corrected chi connectivity index (χ3v) is 5.25. The van der Waals surface area contributed by atoms with Crippen LogP contribution in [0.5, 0.6) is 0 Å². The van der Waals surface area contributed by atoms with Gasteiger partial charge >= 0.3 is 0 Å². The smallest absolute Gasteiger partial charge is 0.257 e. The molecule has 4 aromatic rings. The summed E-state index contributed by atoms with van der Waals surface area (Å²) < 4.78 is 1.64. The van der Waals surface area contributed by atoms with Crippen molar-refractivity contribution in [3.8, 4) is 0 Å². The van der Waals surface area contributed by atoms with Crippen LogP contribution >= 0.6 is 11.3 Å². The van der Waals surface area contributed by atoms with Crippen LogP contribution in [0.1, 0.15) is 38.1 Å². The van der Waals surface area contributed by atoms with E-state index in [2.05, 4.69) is 46.6 Å². The van der Waals surface area contributed by atoms with Crippen LogP contribution in [0, 0.1) is 13.8 Å². The van der Waals surface area contributed by atoms with Gasteiger partial charge in [-0.25, -0.2) is 9.50 Å². The van der Waals surface area contributed by atoms with Gasteiger partial charge in [0.25, 0.3) is 5.91 Å². The van der Waals surface area contributed by atoms with Crippen LogP contribution in [0.4, 0.5) is 0 Å². The number of carbonyl (C=O) groups excluding carboxylic acids is 1. The van der Waals surface area contributed by atoms with Gasteiger partial charge < -0.3 is 5.32 Å². The fraction of sp³-hybridized carbons (Fsp3) is 0.150. The minimum Gasteiger partial charge on any atom is -0.340 e. The zero-order valence-electron chi connectivity index (χ0n) is 14.5. The number of hydrogen-bond acceptors (Lipinski definition) is 4. The SMILES string of the molecule is Cc1ccc(C(NC(=O)c2c(C)nn3cccnc23)c2cccs2)cc1. The van der Waals surface area contributed by atoms with E-state index in [1.165, 1.54) is 5.56 Å². The monoisotopic (exact) mass is 362 g/mol. The maximum atomic E-state index is 13.1. The maximum Gasteiger partial charge on any atom is 0.257 e. The van der Waals surface area contributed by atoms with E-state index in [1.807, 2.05) is 24.4 Å². The lowest BCUT2D eigenvalue weighted by Crippen LogP contribution is -2.29. The summed E-state index contributed by atoms with van der Waals surface area (Å²) >= 11 is 1.63. The maximum absolute atomic E-state index is 13.1. The lowest BCUT2D eigenvalue weighted by Gasteiger charge is -2.18. The largest absolute Gasteiger partial charge is 0.340 e. The third-order valence-electron chi connectivity index (χ3n) is 4.31. The lowest BCUT2D eigenvalue weighted by atomic mass is 10.0. The number of aryl methyl sites for hydroxylation is 2. The average Bonchev–Trinajstić information content (AvgIpc) is 3.27. The molecule has 0 aliphatic carbocycles. The van der Waals surface area contributed by atoms with Crippen molar-refractivity contribution in [2.24, 2.45) is 0 Å². The predicted octanol–water partition coefficient (Wildman–Crippen LogP) is 3.93. The normalized spacial score (nSPS) is 12.2. The zero-order chi connectivity index (χ0) is 18.1. The molecule has 1 aromatic carbocycles. The van der Waals surface area contributed by atoms with E-state index >= 15 is 0 Å². The second kappa shape index (κ2) is 6.72. The van der Waals surface area contributed by atoms with Crippen molar-refractivity contribution in [3.05, 3.63) is 87.5 Å². The van der Waals surface area contributed by atoms with Crippen molar-refractivity contribution in [1.29, 1.82) is 0 Å². The molecule has 0 saturated heterocycles. The Morgan fingerprint density at radius 2 is 1.96 bits per heavy atom. The van der Waals surface area contributed by atoms with Crippen molar-refractivity contribution < 1.29 is 4.79 Å². The number of benzene rings is 1. The molecule has 4 rings (SSSR count). The van der Waals surface area contributed by atoms with Gasteiger partial charge in [0, 0.05) is 17.3 Å². The van der Waals surface area contributed by atoms with Crippen LogP contribution in [0.25, 0.3) is 5.65 Å². The average molecular weight is 362 g/mol. The van der Waals surface area contributed by atoms with Crippen LogP contribution in [0.2, 0.25) is 0 Å². The van der Waals surface area contributed by atoms with E-state index < -0.39 is 0 Å². The molecule has 0 aliphatic heterocycles. The Morgan fingerprint density at radius 1 is 1.15 bits per heavy atom. The topological polar surface area (TPSA) is 59.3 Å². The summed E-state index contributed by atoms with van der Waals surface area (Å²) in [5.74, 6) is -0.171. The van der Waals surface area contributed by atoms with Crippen LogP contribution in [0.3, 0.4) is 0 Å². The van der Waals surface area contributed by atoms with Gasteiger partial charge in [0.1, 0.15) is 5.56 Å². The molecule has 0 aliphatic rings. The van der Waals surface area contributed by atoms with Crippen LogP contribution in [0.15, 0.2) is 60.2 Å². The number of hydrogen-bond donors (Lipinski definition) is 1. The van der Waals surface area contributed by atoms with Crippen molar-refractivity contribution in [2.45, 2.75) is 19.9 Å².